The molecule has 2 nitrogen and oxygen atoms in total. The van der Waals surface area contributed by atoms with Gasteiger partial charge in [0.15, 0.2) is 0 Å². The van der Waals surface area contributed by atoms with E-state index in [2.05, 4.69) is 61.4 Å². The normalized spacial score (nSPS) is 16.4. The summed E-state index contributed by atoms with van der Waals surface area (Å²) in [5.74, 6) is 0.249. The van der Waals surface area contributed by atoms with Crippen LogP contribution in [0.5, 0.6) is 0 Å². The predicted molar refractivity (Wildman–Crippen MR) is 95.9 cm³/mol. The molecule has 1 amide bonds. The summed E-state index contributed by atoms with van der Waals surface area (Å²) in [6.07, 6.45) is 2.57. The second-order valence-electron chi connectivity index (χ2n) is 5.69. The van der Waals surface area contributed by atoms with Crippen molar-refractivity contribution in [1.29, 1.82) is 0 Å². The number of nitrogens with one attached hydrogen (secondary N) is 1. The summed E-state index contributed by atoms with van der Waals surface area (Å²) in [7, 11) is 0. The lowest BCUT2D eigenvalue weighted by Crippen LogP contribution is -2.32. The fourth-order valence-corrected chi connectivity index (χ4v) is 3.57. The fourth-order valence-electron chi connectivity index (χ4n) is 2.90. The number of carbonyl (C=O) groups is 1. The lowest BCUT2D eigenvalue weighted by molar-refractivity contribution is -0.124. The van der Waals surface area contributed by atoms with Gasteiger partial charge in [-0.3, -0.25) is 4.79 Å². The highest BCUT2D eigenvalue weighted by Crippen LogP contribution is 2.29. The second-order valence-corrected chi connectivity index (χ2v) is 7.52. The molecule has 1 atom stereocenters. The zero-order valence-corrected chi connectivity index (χ0v) is 15.3. The van der Waals surface area contributed by atoms with E-state index in [0.717, 1.165) is 28.2 Å². The largest absolute Gasteiger partial charge is 0.356 e. The van der Waals surface area contributed by atoms with Crippen molar-refractivity contribution in [2.45, 2.75) is 19.3 Å². The van der Waals surface area contributed by atoms with Crippen molar-refractivity contribution in [3.05, 3.63) is 68.1 Å². The topological polar surface area (TPSA) is 29.1 Å². The highest BCUT2D eigenvalue weighted by atomic mass is 79.9. The molecule has 4 heteroatoms. The Morgan fingerprint density at radius 1 is 1.00 bits per heavy atom. The number of hydrogen-bond acceptors (Lipinski definition) is 1. The van der Waals surface area contributed by atoms with E-state index in [9.17, 15) is 4.79 Å². The molecule has 0 radical (unpaired) electrons. The molecule has 0 fully saturated rings. The Morgan fingerprint density at radius 2 is 1.68 bits per heavy atom. The average molecular weight is 423 g/mol. The number of fused-ring (bicyclic) bond motifs is 1. The molecule has 3 rings (SSSR count). The molecule has 1 aliphatic carbocycles. The molecule has 1 unspecified atom stereocenters. The number of halogens is 2. The van der Waals surface area contributed by atoms with Crippen LogP contribution in [0.15, 0.2) is 51.4 Å². The Bertz CT molecular complexity index is 682. The summed E-state index contributed by atoms with van der Waals surface area (Å²) in [6.45, 7) is 0.691. The summed E-state index contributed by atoms with van der Waals surface area (Å²) in [5.41, 5.74) is 3.83. The first-order chi connectivity index (χ1) is 10.6. The van der Waals surface area contributed by atoms with E-state index in [-0.39, 0.29) is 11.8 Å². The van der Waals surface area contributed by atoms with Gasteiger partial charge in [-0.15, -0.1) is 0 Å². The van der Waals surface area contributed by atoms with Gasteiger partial charge in [-0.1, -0.05) is 50.1 Å². The van der Waals surface area contributed by atoms with E-state index in [0.29, 0.717) is 6.54 Å². The van der Waals surface area contributed by atoms with Crippen molar-refractivity contribution in [2.24, 2.45) is 5.92 Å². The molecule has 0 spiro atoms. The third-order valence-corrected chi connectivity index (χ3v) is 5.12. The fraction of sp³-hybridized carbons (Fsp3) is 0.278. The molecule has 2 aromatic carbocycles. The van der Waals surface area contributed by atoms with Crippen molar-refractivity contribution >= 4 is 37.8 Å². The number of hydrogen-bond donors (Lipinski definition) is 1. The summed E-state index contributed by atoms with van der Waals surface area (Å²) in [5, 5.41) is 3.07. The van der Waals surface area contributed by atoms with Gasteiger partial charge in [-0.05, 0) is 60.2 Å². The smallest absolute Gasteiger partial charge is 0.223 e. The van der Waals surface area contributed by atoms with Gasteiger partial charge in [0.1, 0.15) is 0 Å². The maximum atomic E-state index is 12.3. The first kappa shape index (κ1) is 15.8. The number of carbonyl (C=O) groups excluding carboxylic acids is 1. The maximum Gasteiger partial charge on any atom is 0.223 e. The van der Waals surface area contributed by atoms with Gasteiger partial charge in [0.2, 0.25) is 5.91 Å². The predicted octanol–water partition coefficient (Wildman–Crippen LogP) is 4.29. The Morgan fingerprint density at radius 3 is 2.45 bits per heavy atom. The van der Waals surface area contributed by atoms with Crippen molar-refractivity contribution < 1.29 is 4.79 Å². The minimum absolute atomic E-state index is 0.0780. The van der Waals surface area contributed by atoms with Crippen LogP contribution in [0.3, 0.4) is 0 Å². The molecule has 0 heterocycles. The maximum absolute atomic E-state index is 12.3. The molecule has 0 saturated heterocycles. The number of amides is 1. The molecule has 2 aromatic rings. The molecule has 1 N–H and O–H groups in total. The van der Waals surface area contributed by atoms with Crippen molar-refractivity contribution in [1.82, 2.24) is 5.32 Å². The molecule has 0 aromatic heterocycles. The standard InChI is InChI=1S/C18H17Br2NO/c19-16-4-1-12(2-5-16)7-8-21-18(22)15-9-13-3-6-17(20)11-14(13)10-15/h1-6,11,15H,7-10H2,(H,21,22). The number of rotatable bonds is 4. The summed E-state index contributed by atoms with van der Waals surface area (Å²) >= 11 is 6.92. The third kappa shape index (κ3) is 3.79. The van der Waals surface area contributed by atoms with Gasteiger partial charge >= 0.3 is 0 Å². The van der Waals surface area contributed by atoms with E-state index < -0.39 is 0 Å². The van der Waals surface area contributed by atoms with Crippen LogP contribution in [0.4, 0.5) is 0 Å². The lowest BCUT2D eigenvalue weighted by atomic mass is 10.1. The van der Waals surface area contributed by atoms with Crippen LogP contribution in [0.25, 0.3) is 0 Å². The van der Waals surface area contributed by atoms with Crippen molar-refractivity contribution in [3.63, 3.8) is 0 Å². The van der Waals surface area contributed by atoms with Gasteiger partial charge in [-0.25, -0.2) is 0 Å². The van der Waals surface area contributed by atoms with Crippen LogP contribution in [-0.2, 0) is 24.1 Å². The van der Waals surface area contributed by atoms with Crippen molar-refractivity contribution in [2.75, 3.05) is 6.54 Å². The van der Waals surface area contributed by atoms with Crippen LogP contribution in [-0.4, -0.2) is 12.5 Å². The minimum atomic E-state index is 0.0780. The van der Waals surface area contributed by atoms with E-state index in [1.807, 2.05) is 18.2 Å². The SMILES string of the molecule is O=C(NCCc1ccc(Br)cc1)C1Cc2ccc(Br)cc2C1. The van der Waals surface area contributed by atoms with E-state index in [1.54, 1.807) is 0 Å². The molecule has 0 saturated carbocycles. The molecule has 22 heavy (non-hydrogen) atoms. The Kier molecular flexibility index (Phi) is 4.99. The van der Waals surface area contributed by atoms with Gasteiger partial charge in [-0.2, -0.15) is 0 Å². The van der Waals surface area contributed by atoms with Crippen LogP contribution >= 0.6 is 31.9 Å². The van der Waals surface area contributed by atoms with Gasteiger partial charge in [0.05, 0.1) is 0 Å². The van der Waals surface area contributed by atoms with E-state index >= 15 is 0 Å². The second kappa shape index (κ2) is 6.97. The summed E-state index contributed by atoms with van der Waals surface area (Å²) in [4.78, 5) is 12.3. The van der Waals surface area contributed by atoms with E-state index in [1.165, 1.54) is 16.7 Å². The quantitative estimate of drug-likeness (QED) is 0.782. The van der Waals surface area contributed by atoms with Gasteiger partial charge in [0.25, 0.3) is 0 Å². The Hall–Kier alpha value is -1.13. The molecule has 0 bridgehead atoms. The van der Waals surface area contributed by atoms with Crippen LogP contribution < -0.4 is 5.32 Å². The first-order valence-corrected chi connectivity index (χ1v) is 9.00. The molecular weight excluding hydrogens is 406 g/mol. The Balaban J connectivity index is 1.50. The average Bonchev–Trinajstić information content (AvgIpc) is 2.92. The summed E-state index contributed by atoms with van der Waals surface area (Å²) < 4.78 is 2.16. The van der Waals surface area contributed by atoms with Gasteiger partial charge < -0.3 is 5.32 Å². The molecule has 1 aliphatic rings. The first-order valence-electron chi connectivity index (χ1n) is 7.41. The molecule has 0 aliphatic heterocycles. The highest BCUT2D eigenvalue weighted by Gasteiger charge is 2.27. The third-order valence-electron chi connectivity index (χ3n) is 4.10. The Labute approximate surface area is 147 Å². The zero-order valence-electron chi connectivity index (χ0n) is 12.1. The summed E-state index contributed by atoms with van der Waals surface area (Å²) in [6, 6.07) is 14.5. The molecular formula is C18H17Br2NO. The molecule has 114 valence electrons. The monoisotopic (exact) mass is 421 g/mol. The van der Waals surface area contributed by atoms with Gasteiger partial charge in [0, 0.05) is 21.4 Å². The van der Waals surface area contributed by atoms with Crippen LogP contribution in [0.1, 0.15) is 16.7 Å². The van der Waals surface area contributed by atoms with Crippen LogP contribution in [0, 0.1) is 5.92 Å². The van der Waals surface area contributed by atoms with Crippen molar-refractivity contribution in [3.8, 4) is 0 Å². The lowest BCUT2D eigenvalue weighted by Gasteiger charge is -2.10. The van der Waals surface area contributed by atoms with Crippen LogP contribution in [0.2, 0.25) is 0 Å². The number of benzene rings is 2. The highest BCUT2D eigenvalue weighted by molar-refractivity contribution is 9.10. The zero-order chi connectivity index (χ0) is 15.5. The minimum Gasteiger partial charge on any atom is -0.356 e. The van der Waals surface area contributed by atoms with E-state index in [4.69, 9.17) is 0 Å².